The van der Waals surface area contributed by atoms with Crippen molar-refractivity contribution in [2.45, 2.75) is 309 Å². The minimum absolute atomic E-state index is 0.000523. The Morgan fingerprint density at radius 3 is 1.19 bits per heavy atom. The highest BCUT2D eigenvalue weighted by Crippen LogP contribution is 2.38. The van der Waals surface area contributed by atoms with Gasteiger partial charge in [-0.05, 0) is 51.4 Å². The Morgan fingerprint density at radius 1 is 0.500 bits per heavy atom. The number of nitrogens with zero attached hydrogens (tertiary/aromatic N) is 1. The van der Waals surface area contributed by atoms with E-state index in [1.54, 1.807) is 6.08 Å². The fraction of sp³-hybridized carbons (Fsp3) is 0.885. The summed E-state index contributed by atoms with van der Waals surface area (Å²) in [6.07, 6.45) is 68.0. The van der Waals surface area contributed by atoms with E-state index in [4.69, 9.17) is 9.05 Å². The molecule has 70 heavy (non-hydrogen) atoms. The van der Waals surface area contributed by atoms with Crippen LogP contribution in [-0.4, -0.2) is 68.5 Å². The van der Waals surface area contributed by atoms with E-state index >= 15 is 0 Å². The number of hydrogen-bond donors (Lipinski definition) is 2. The average molecular weight is 1010 g/mol. The lowest BCUT2D eigenvalue weighted by atomic mass is 10.0. The smallest absolute Gasteiger partial charge is 0.268 e. The van der Waals surface area contributed by atoms with Crippen LogP contribution < -0.4 is 10.2 Å². The number of amides is 1. The number of aliphatic hydroxyl groups excluding tert-OH is 1. The SMILES string of the molecule is CCCCCCC/C=C\C/C=C\CCCCCCCCCCCCCCCCCCCC(=O)NC(COP(=O)([O-])OCC[N+](C)(C)C)C(O)/C=C/CCCCCCCCCCCCCCCCCCC. The molecule has 9 heteroatoms. The van der Waals surface area contributed by atoms with Crippen LogP contribution in [0.1, 0.15) is 296 Å². The molecule has 3 atom stereocenters. The fourth-order valence-electron chi connectivity index (χ4n) is 9.07. The number of aliphatic hydroxyl groups is 1. The largest absolute Gasteiger partial charge is 0.756 e. The Morgan fingerprint density at radius 2 is 0.829 bits per heavy atom. The van der Waals surface area contributed by atoms with E-state index in [9.17, 15) is 19.4 Å². The third-order valence-electron chi connectivity index (χ3n) is 13.8. The van der Waals surface area contributed by atoms with Gasteiger partial charge in [-0.15, -0.1) is 0 Å². The number of unbranched alkanes of at least 4 members (excludes halogenated alkanes) is 39. The second-order valence-corrected chi connectivity index (χ2v) is 23.5. The Bertz CT molecular complexity index is 1230. The van der Waals surface area contributed by atoms with Crippen molar-refractivity contribution in [2.24, 2.45) is 0 Å². The van der Waals surface area contributed by atoms with Crippen molar-refractivity contribution in [3.8, 4) is 0 Å². The predicted octanol–water partition coefficient (Wildman–Crippen LogP) is 17.9. The zero-order valence-electron chi connectivity index (χ0n) is 47.2. The van der Waals surface area contributed by atoms with E-state index in [1.165, 1.54) is 231 Å². The molecule has 0 bridgehead atoms. The first-order valence-electron chi connectivity index (χ1n) is 30.4. The molecular weight excluding hydrogens is 888 g/mol. The van der Waals surface area contributed by atoms with Crippen LogP contribution >= 0.6 is 7.82 Å². The van der Waals surface area contributed by atoms with E-state index in [0.29, 0.717) is 17.4 Å². The summed E-state index contributed by atoms with van der Waals surface area (Å²) in [4.78, 5) is 25.5. The molecule has 0 saturated carbocycles. The summed E-state index contributed by atoms with van der Waals surface area (Å²) < 4.78 is 23.4. The molecule has 1 amide bonds. The summed E-state index contributed by atoms with van der Waals surface area (Å²) in [5.74, 6) is -0.193. The van der Waals surface area contributed by atoms with E-state index in [2.05, 4.69) is 43.5 Å². The second kappa shape index (κ2) is 52.6. The molecule has 0 heterocycles. The van der Waals surface area contributed by atoms with Crippen molar-refractivity contribution >= 4 is 13.7 Å². The van der Waals surface area contributed by atoms with Gasteiger partial charge in [0.2, 0.25) is 5.91 Å². The number of phosphoric acid groups is 1. The average Bonchev–Trinajstić information content (AvgIpc) is 3.32. The highest BCUT2D eigenvalue weighted by atomic mass is 31.2. The Labute approximate surface area is 436 Å². The van der Waals surface area contributed by atoms with E-state index in [-0.39, 0.29) is 19.1 Å². The topological polar surface area (TPSA) is 108 Å². The highest BCUT2D eigenvalue weighted by molar-refractivity contribution is 7.45. The lowest BCUT2D eigenvalue weighted by Crippen LogP contribution is -2.45. The van der Waals surface area contributed by atoms with Gasteiger partial charge in [-0.3, -0.25) is 9.36 Å². The maximum atomic E-state index is 13.0. The van der Waals surface area contributed by atoms with Crippen LogP contribution in [0.4, 0.5) is 0 Å². The molecule has 0 saturated heterocycles. The summed E-state index contributed by atoms with van der Waals surface area (Å²) in [6.45, 7) is 4.68. The van der Waals surface area contributed by atoms with Crippen LogP contribution in [0.25, 0.3) is 0 Å². The number of allylic oxidation sites excluding steroid dienone is 5. The van der Waals surface area contributed by atoms with Crippen LogP contribution in [-0.2, 0) is 18.4 Å². The number of carbonyl (C=O) groups excluding carboxylic acids is 1. The highest BCUT2D eigenvalue weighted by Gasteiger charge is 2.23. The standard InChI is InChI=1S/C61H119N2O6P/c1-6-8-10-12-14-16-18-20-22-24-26-27-28-29-30-31-32-33-34-35-37-39-41-43-45-47-49-51-53-55-61(65)62-59(58-69-70(66,67)68-57-56-63(3,4)5)60(64)54-52-50-48-46-44-42-40-38-36-25-23-21-19-17-15-13-11-9-7-2/h18,20,24,26,52,54,59-60,64H,6-17,19,21-23,25,27-51,53,55-58H2,1-5H3,(H-,62,65,66,67)/b20-18-,26-24-,54-52+. The minimum atomic E-state index is -4.60. The molecule has 0 aromatic carbocycles. The van der Waals surface area contributed by atoms with Crippen LogP contribution in [0.2, 0.25) is 0 Å². The van der Waals surface area contributed by atoms with Gasteiger partial charge in [-0.25, -0.2) is 0 Å². The van der Waals surface area contributed by atoms with Crippen LogP contribution in [0.5, 0.6) is 0 Å². The summed E-state index contributed by atoms with van der Waals surface area (Å²) >= 11 is 0. The van der Waals surface area contributed by atoms with E-state index < -0.39 is 20.0 Å². The van der Waals surface area contributed by atoms with Crippen LogP contribution in [0.3, 0.4) is 0 Å². The van der Waals surface area contributed by atoms with Gasteiger partial charge < -0.3 is 28.8 Å². The molecule has 0 aromatic heterocycles. The Balaban J connectivity index is 4.12. The zero-order valence-corrected chi connectivity index (χ0v) is 48.1. The molecule has 0 spiro atoms. The van der Waals surface area contributed by atoms with Gasteiger partial charge in [0, 0.05) is 6.42 Å². The van der Waals surface area contributed by atoms with Gasteiger partial charge in [0.05, 0.1) is 39.9 Å². The number of phosphoric ester groups is 1. The van der Waals surface area contributed by atoms with Gasteiger partial charge in [0.15, 0.2) is 0 Å². The minimum Gasteiger partial charge on any atom is -0.756 e. The first-order chi connectivity index (χ1) is 34.0. The maximum Gasteiger partial charge on any atom is 0.268 e. The van der Waals surface area contributed by atoms with Crippen molar-refractivity contribution in [1.82, 2.24) is 5.32 Å². The van der Waals surface area contributed by atoms with Crippen molar-refractivity contribution in [1.29, 1.82) is 0 Å². The third kappa shape index (κ3) is 54.5. The third-order valence-corrected chi connectivity index (χ3v) is 14.8. The predicted molar refractivity (Wildman–Crippen MR) is 302 cm³/mol. The molecule has 0 rings (SSSR count). The molecule has 0 fully saturated rings. The molecule has 0 aliphatic rings. The molecule has 3 unspecified atom stereocenters. The molecular formula is C61H119N2O6P. The molecule has 0 aliphatic heterocycles. The lowest BCUT2D eigenvalue weighted by molar-refractivity contribution is -0.870. The lowest BCUT2D eigenvalue weighted by Gasteiger charge is -2.29. The molecule has 8 nitrogen and oxygen atoms in total. The summed E-state index contributed by atoms with van der Waals surface area (Å²) in [5.41, 5.74) is 0. The van der Waals surface area contributed by atoms with Crippen molar-refractivity contribution < 1.29 is 32.9 Å². The zero-order chi connectivity index (χ0) is 51.3. The van der Waals surface area contributed by atoms with Crippen LogP contribution in [0.15, 0.2) is 36.5 Å². The van der Waals surface area contributed by atoms with E-state index in [0.717, 1.165) is 44.9 Å². The fourth-order valence-corrected chi connectivity index (χ4v) is 9.79. The maximum absolute atomic E-state index is 13.0. The van der Waals surface area contributed by atoms with Gasteiger partial charge in [0.1, 0.15) is 13.2 Å². The number of carbonyl (C=O) groups is 1. The molecule has 0 aromatic rings. The Kier molecular flexibility index (Phi) is 51.6. The van der Waals surface area contributed by atoms with Gasteiger partial charge in [-0.2, -0.15) is 0 Å². The van der Waals surface area contributed by atoms with Crippen molar-refractivity contribution in [3.63, 3.8) is 0 Å². The Hall–Kier alpha value is -1.28. The van der Waals surface area contributed by atoms with Gasteiger partial charge >= 0.3 is 0 Å². The van der Waals surface area contributed by atoms with Gasteiger partial charge in [0.25, 0.3) is 7.82 Å². The second-order valence-electron chi connectivity index (χ2n) is 22.1. The number of quaternary nitrogens is 1. The summed E-state index contributed by atoms with van der Waals surface area (Å²) in [5, 5.41) is 13.9. The first-order valence-corrected chi connectivity index (χ1v) is 31.8. The monoisotopic (exact) mass is 1010 g/mol. The number of nitrogens with one attached hydrogen (secondary N) is 1. The van der Waals surface area contributed by atoms with Crippen molar-refractivity contribution in [3.05, 3.63) is 36.5 Å². The molecule has 414 valence electrons. The van der Waals surface area contributed by atoms with E-state index in [1.807, 2.05) is 27.2 Å². The molecule has 2 N–H and O–H groups in total. The quantitative estimate of drug-likeness (QED) is 0.0272. The number of likely N-dealkylation sites (N-methyl/N-ethyl adjacent to an activating group) is 1. The summed E-state index contributed by atoms with van der Waals surface area (Å²) in [6, 6.07) is -0.885. The summed E-state index contributed by atoms with van der Waals surface area (Å²) in [7, 11) is 1.27. The van der Waals surface area contributed by atoms with Crippen LogP contribution in [0, 0.1) is 0 Å². The molecule has 0 radical (unpaired) electrons. The first kappa shape index (κ1) is 68.7. The number of rotatable bonds is 56. The van der Waals surface area contributed by atoms with Gasteiger partial charge in [-0.1, -0.05) is 275 Å². The normalized spacial score (nSPS) is 14.1. The van der Waals surface area contributed by atoms with Crippen molar-refractivity contribution in [2.75, 3.05) is 40.9 Å². The number of hydrogen-bond acceptors (Lipinski definition) is 6. The molecule has 0 aliphatic carbocycles.